The van der Waals surface area contributed by atoms with Crippen LogP contribution in [0, 0.1) is 0 Å². The zero-order valence-electron chi connectivity index (χ0n) is 5.59. The van der Waals surface area contributed by atoms with Crippen LogP contribution in [0.2, 0.25) is 0 Å². The van der Waals surface area contributed by atoms with Crippen molar-refractivity contribution in [1.82, 2.24) is 0 Å². The lowest BCUT2D eigenvalue weighted by Crippen LogP contribution is -1.63. The Morgan fingerprint density at radius 1 is 1.67 bits per heavy atom. The molecule has 0 fully saturated rings. The fourth-order valence-electron chi connectivity index (χ4n) is 0.345. The van der Waals surface area contributed by atoms with Crippen LogP contribution in [0.5, 0.6) is 0 Å². The van der Waals surface area contributed by atoms with Crippen molar-refractivity contribution < 1.29 is 4.79 Å². The standard InChI is InChI=1S/C7H9NO/c1-3-4-5-7(2)8-6-9/h3-5H,1-2H3/b4-3-,7-5+. The molecule has 0 aromatic rings. The molecule has 2 nitrogen and oxygen atoms in total. The number of hydrogen-bond donors (Lipinski definition) is 0. The topological polar surface area (TPSA) is 29.4 Å². The molecule has 0 rings (SSSR count). The van der Waals surface area contributed by atoms with Gasteiger partial charge in [-0.1, -0.05) is 12.2 Å². The van der Waals surface area contributed by atoms with Crippen molar-refractivity contribution in [2.45, 2.75) is 13.8 Å². The molecular weight excluding hydrogens is 114 g/mol. The second-order valence-corrected chi connectivity index (χ2v) is 1.54. The third-order valence-corrected chi connectivity index (χ3v) is 0.752. The molecule has 0 aliphatic rings. The normalized spacial score (nSPS) is 11.6. The molecule has 0 saturated carbocycles. The van der Waals surface area contributed by atoms with Crippen molar-refractivity contribution in [2.24, 2.45) is 4.99 Å². The molecule has 48 valence electrons. The number of allylic oxidation sites excluding steroid dienone is 4. The zero-order chi connectivity index (χ0) is 7.11. The van der Waals surface area contributed by atoms with Gasteiger partial charge in [-0.3, -0.25) is 0 Å². The summed E-state index contributed by atoms with van der Waals surface area (Å²) in [5.41, 5.74) is 0.670. The molecule has 0 atom stereocenters. The van der Waals surface area contributed by atoms with Crippen LogP contribution < -0.4 is 0 Å². The molecule has 9 heavy (non-hydrogen) atoms. The van der Waals surface area contributed by atoms with E-state index in [1.165, 1.54) is 6.08 Å². The second kappa shape index (κ2) is 5.01. The smallest absolute Gasteiger partial charge is 0.211 e. The van der Waals surface area contributed by atoms with E-state index >= 15 is 0 Å². The summed E-state index contributed by atoms with van der Waals surface area (Å²) in [5, 5.41) is 0. The molecule has 2 heteroatoms. The van der Waals surface area contributed by atoms with Crippen molar-refractivity contribution in [2.75, 3.05) is 0 Å². The van der Waals surface area contributed by atoms with E-state index in [9.17, 15) is 4.79 Å². The quantitative estimate of drug-likeness (QED) is 0.313. The van der Waals surface area contributed by atoms with Gasteiger partial charge in [-0.05, 0) is 19.9 Å². The summed E-state index contributed by atoms with van der Waals surface area (Å²) in [4.78, 5) is 13.0. The van der Waals surface area contributed by atoms with Gasteiger partial charge < -0.3 is 0 Å². The second-order valence-electron chi connectivity index (χ2n) is 1.54. The minimum absolute atomic E-state index is 0.670. The number of isocyanates is 1. The first-order chi connectivity index (χ1) is 4.31. The Hall–Kier alpha value is -1.14. The van der Waals surface area contributed by atoms with Crippen molar-refractivity contribution in [1.29, 1.82) is 0 Å². The number of hydrogen-bond acceptors (Lipinski definition) is 2. The molecule has 0 N–H and O–H groups in total. The van der Waals surface area contributed by atoms with E-state index in [-0.39, 0.29) is 0 Å². The first kappa shape index (κ1) is 7.86. The van der Waals surface area contributed by atoms with E-state index in [4.69, 9.17) is 0 Å². The Bertz CT molecular complexity index is 173. The van der Waals surface area contributed by atoms with Gasteiger partial charge in [0.15, 0.2) is 0 Å². The van der Waals surface area contributed by atoms with Crippen LogP contribution in [-0.4, -0.2) is 6.08 Å². The van der Waals surface area contributed by atoms with Crippen molar-refractivity contribution in [3.05, 3.63) is 23.9 Å². The predicted octanol–water partition coefficient (Wildman–Crippen LogP) is 1.80. The maximum atomic E-state index is 9.62. The molecule has 0 unspecified atom stereocenters. The van der Waals surface area contributed by atoms with Crippen LogP contribution in [0.1, 0.15) is 13.8 Å². The van der Waals surface area contributed by atoms with Gasteiger partial charge in [-0.15, -0.1) is 0 Å². The van der Waals surface area contributed by atoms with E-state index < -0.39 is 0 Å². The third kappa shape index (κ3) is 4.72. The van der Waals surface area contributed by atoms with Crippen molar-refractivity contribution in [3.63, 3.8) is 0 Å². The Labute approximate surface area is 54.6 Å². The summed E-state index contributed by atoms with van der Waals surface area (Å²) in [6, 6.07) is 0. The number of nitrogens with zero attached hydrogens (tertiary/aromatic N) is 1. The van der Waals surface area contributed by atoms with Gasteiger partial charge in [-0.25, -0.2) is 4.79 Å². The predicted molar refractivity (Wildman–Crippen MR) is 36.7 cm³/mol. The zero-order valence-corrected chi connectivity index (χ0v) is 5.59. The molecule has 0 spiro atoms. The van der Waals surface area contributed by atoms with Gasteiger partial charge in [0.05, 0.1) is 5.70 Å². The van der Waals surface area contributed by atoms with Crippen LogP contribution in [0.4, 0.5) is 0 Å². The number of aliphatic imine (C=N–C) groups is 1. The van der Waals surface area contributed by atoms with Gasteiger partial charge in [0.1, 0.15) is 0 Å². The lowest BCUT2D eigenvalue weighted by molar-refractivity contribution is 0.564. The van der Waals surface area contributed by atoms with Crippen LogP contribution in [0.25, 0.3) is 0 Å². The average Bonchev–Trinajstić information content (AvgIpc) is 1.85. The van der Waals surface area contributed by atoms with E-state index in [1.54, 1.807) is 13.0 Å². The first-order valence-corrected chi connectivity index (χ1v) is 2.68. The third-order valence-electron chi connectivity index (χ3n) is 0.752. The molecule has 0 saturated heterocycles. The summed E-state index contributed by atoms with van der Waals surface area (Å²) < 4.78 is 0. The molecule has 0 aliphatic carbocycles. The molecule has 0 aromatic carbocycles. The van der Waals surface area contributed by atoms with E-state index in [0.29, 0.717) is 5.70 Å². The average molecular weight is 123 g/mol. The molecular formula is C7H9NO. The van der Waals surface area contributed by atoms with Gasteiger partial charge in [-0.2, -0.15) is 4.99 Å². The highest BCUT2D eigenvalue weighted by Gasteiger charge is 1.75. The Balaban J connectivity index is 3.99. The molecule has 0 amide bonds. The number of rotatable bonds is 2. The monoisotopic (exact) mass is 123 g/mol. The van der Waals surface area contributed by atoms with Crippen LogP contribution in [-0.2, 0) is 4.79 Å². The first-order valence-electron chi connectivity index (χ1n) is 2.68. The molecule has 0 radical (unpaired) electrons. The molecule has 0 heterocycles. The molecule has 0 aromatic heterocycles. The maximum absolute atomic E-state index is 9.62. The lowest BCUT2D eigenvalue weighted by Gasteiger charge is -1.79. The molecule has 0 bridgehead atoms. The summed E-state index contributed by atoms with van der Waals surface area (Å²) in [7, 11) is 0. The van der Waals surface area contributed by atoms with Gasteiger partial charge >= 0.3 is 0 Å². The van der Waals surface area contributed by atoms with Crippen LogP contribution >= 0.6 is 0 Å². The van der Waals surface area contributed by atoms with Crippen LogP contribution in [0.15, 0.2) is 28.9 Å². The summed E-state index contributed by atoms with van der Waals surface area (Å²) in [6.45, 7) is 3.64. The van der Waals surface area contributed by atoms with Gasteiger partial charge in [0, 0.05) is 0 Å². The highest BCUT2D eigenvalue weighted by atomic mass is 16.1. The summed E-state index contributed by atoms with van der Waals surface area (Å²) in [6.07, 6.45) is 6.87. The number of carbonyl (C=O) groups excluding carboxylic acids is 1. The highest BCUT2D eigenvalue weighted by Crippen LogP contribution is 1.91. The molecule has 0 aliphatic heterocycles. The van der Waals surface area contributed by atoms with Crippen molar-refractivity contribution >= 4 is 6.08 Å². The fourth-order valence-corrected chi connectivity index (χ4v) is 0.345. The Kier molecular flexibility index (Phi) is 4.37. The Morgan fingerprint density at radius 2 is 2.33 bits per heavy atom. The Morgan fingerprint density at radius 3 is 2.78 bits per heavy atom. The summed E-state index contributed by atoms with van der Waals surface area (Å²) >= 11 is 0. The van der Waals surface area contributed by atoms with Gasteiger partial charge in [0.2, 0.25) is 6.08 Å². The van der Waals surface area contributed by atoms with E-state index in [1.807, 2.05) is 19.1 Å². The highest BCUT2D eigenvalue weighted by molar-refractivity contribution is 5.36. The summed E-state index contributed by atoms with van der Waals surface area (Å²) in [5.74, 6) is 0. The van der Waals surface area contributed by atoms with Crippen LogP contribution in [0.3, 0.4) is 0 Å². The maximum Gasteiger partial charge on any atom is 0.240 e. The van der Waals surface area contributed by atoms with E-state index in [0.717, 1.165) is 0 Å². The minimum atomic E-state index is 0.670. The lowest BCUT2D eigenvalue weighted by atomic mass is 10.4. The SMILES string of the molecule is C/C=C\C=C(/C)N=C=O. The largest absolute Gasteiger partial charge is 0.240 e. The minimum Gasteiger partial charge on any atom is -0.211 e. The van der Waals surface area contributed by atoms with E-state index in [2.05, 4.69) is 4.99 Å². The fraction of sp³-hybridized carbons (Fsp3) is 0.286. The van der Waals surface area contributed by atoms with Crippen molar-refractivity contribution in [3.8, 4) is 0 Å². The van der Waals surface area contributed by atoms with Gasteiger partial charge in [0.25, 0.3) is 0 Å².